The van der Waals surface area contributed by atoms with Gasteiger partial charge in [0.1, 0.15) is 0 Å². The highest BCUT2D eigenvalue weighted by atomic mass is 35.5. The van der Waals surface area contributed by atoms with Crippen LogP contribution in [0.15, 0.2) is 30.0 Å². The summed E-state index contributed by atoms with van der Waals surface area (Å²) in [5, 5.41) is 10.8. The second kappa shape index (κ2) is 6.08. The molecule has 0 saturated carbocycles. The summed E-state index contributed by atoms with van der Waals surface area (Å²) in [5.74, 6) is -0.337. The molecule has 1 rings (SSSR count). The van der Waals surface area contributed by atoms with Gasteiger partial charge in [-0.25, -0.2) is 0 Å². The lowest BCUT2D eigenvalue weighted by Gasteiger charge is -2.27. The predicted molar refractivity (Wildman–Crippen MR) is 79.1 cm³/mol. The summed E-state index contributed by atoms with van der Waals surface area (Å²) in [6, 6.07) is 4.60. The van der Waals surface area contributed by atoms with Gasteiger partial charge in [-0.2, -0.15) is 0 Å². The number of hydrogen-bond acceptors (Lipinski definition) is 3. The van der Waals surface area contributed by atoms with Crippen LogP contribution in [0.3, 0.4) is 0 Å². The van der Waals surface area contributed by atoms with Crippen molar-refractivity contribution in [2.45, 2.75) is 19.4 Å². The fourth-order valence-corrected chi connectivity index (χ4v) is 2.08. The fraction of sp³-hybridized carbons (Fsp3) is 0.231. The van der Waals surface area contributed by atoms with Gasteiger partial charge in [-0.3, -0.25) is 4.79 Å². The van der Waals surface area contributed by atoms with Crippen LogP contribution in [0.5, 0.6) is 0 Å². The van der Waals surface area contributed by atoms with Crippen LogP contribution < -0.4 is 11.1 Å². The Bertz CT molecular complexity index is 518. The molecule has 1 aromatic carbocycles. The zero-order chi connectivity index (χ0) is 14.6. The van der Waals surface area contributed by atoms with Crippen LogP contribution in [0.2, 0.25) is 10.0 Å². The molecule has 4 nitrogen and oxygen atoms in total. The topological polar surface area (TPSA) is 79.0 Å². The van der Waals surface area contributed by atoms with E-state index in [2.05, 4.69) is 5.32 Å². The first kappa shape index (κ1) is 15.5. The summed E-state index contributed by atoms with van der Waals surface area (Å²) in [5.41, 5.74) is 5.51. The van der Waals surface area contributed by atoms with Crippen LogP contribution in [0.1, 0.15) is 24.2 Å². The minimum absolute atomic E-state index is 0.337. The maximum Gasteiger partial charge on any atom is 0.252 e. The van der Waals surface area contributed by atoms with Gasteiger partial charge in [-0.1, -0.05) is 23.2 Å². The second-order valence-corrected chi connectivity index (χ2v) is 5.38. The van der Waals surface area contributed by atoms with E-state index in [0.29, 0.717) is 21.2 Å². The first-order chi connectivity index (χ1) is 8.80. The lowest BCUT2D eigenvalue weighted by molar-refractivity contribution is 0.0926. The van der Waals surface area contributed by atoms with E-state index in [1.165, 1.54) is 18.3 Å². The highest BCUT2D eigenvalue weighted by Gasteiger charge is 2.24. The third-order valence-corrected chi connectivity index (χ3v) is 3.04. The van der Waals surface area contributed by atoms with Crippen LogP contribution in [-0.4, -0.2) is 17.7 Å². The highest BCUT2D eigenvalue weighted by Crippen LogP contribution is 2.20. The Balaban J connectivity index is 2.99. The molecule has 1 aromatic rings. The quantitative estimate of drug-likeness (QED) is 0.747. The average Bonchev–Trinajstić information content (AvgIpc) is 2.28. The Morgan fingerprint density at radius 3 is 2.26 bits per heavy atom. The van der Waals surface area contributed by atoms with Crippen LogP contribution >= 0.6 is 23.2 Å². The largest absolute Gasteiger partial charge is 0.404 e. The molecule has 0 spiro atoms. The summed E-state index contributed by atoms with van der Waals surface area (Å²) in [6.07, 6.45) is 2.39. The molecule has 1 amide bonds. The van der Waals surface area contributed by atoms with Crippen molar-refractivity contribution < 1.29 is 4.79 Å². The molecule has 0 atom stereocenters. The van der Waals surface area contributed by atoms with Crippen molar-refractivity contribution in [2.24, 2.45) is 5.73 Å². The molecular weight excluding hydrogens is 285 g/mol. The second-order valence-electron chi connectivity index (χ2n) is 4.50. The molecule has 6 heteroatoms. The van der Waals surface area contributed by atoms with Crippen molar-refractivity contribution in [2.75, 3.05) is 0 Å². The molecule has 102 valence electrons. The molecule has 0 fully saturated rings. The predicted octanol–water partition coefficient (Wildman–Crippen LogP) is 2.99. The number of carbonyl (C=O) groups is 1. The monoisotopic (exact) mass is 299 g/mol. The molecule has 19 heavy (non-hydrogen) atoms. The number of hydrogen-bond donors (Lipinski definition) is 3. The molecule has 0 aliphatic carbocycles. The molecular formula is C13H15Cl2N3O. The van der Waals surface area contributed by atoms with Crippen LogP contribution in [0, 0.1) is 5.41 Å². The van der Waals surface area contributed by atoms with E-state index >= 15 is 0 Å². The first-order valence-electron chi connectivity index (χ1n) is 5.51. The summed E-state index contributed by atoms with van der Waals surface area (Å²) >= 11 is 11.7. The van der Waals surface area contributed by atoms with E-state index in [0.717, 1.165) is 6.21 Å². The molecule has 0 aliphatic rings. The van der Waals surface area contributed by atoms with Crippen molar-refractivity contribution in [1.82, 2.24) is 5.32 Å². The van der Waals surface area contributed by atoms with Gasteiger partial charge in [0.15, 0.2) is 0 Å². The zero-order valence-electron chi connectivity index (χ0n) is 10.6. The van der Waals surface area contributed by atoms with E-state index in [1.54, 1.807) is 19.9 Å². The number of halogens is 2. The Morgan fingerprint density at radius 1 is 1.32 bits per heavy atom. The molecule has 0 radical (unpaired) electrons. The fourth-order valence-electron chi connectivity index (χ4n) is 1.55. The Kier molecular flexibility index (Phi) is 4.97. The lowest BCUT2D eigenvalue weighted by atomic mass is 9.95. The Labute approximate surface area is 122 Å². The van der Waals surface area contributed by atoms with E-state index in [9.17, 15) is 4.79 Å². The maximum absolute atomic E-state index is 12.1. The van der Waals surface area contributed by atoms with Gasteiger partial charge < -0.3 is 16.5 Å². The van der Waals surface area contributed by atoms with Crippen molar-refractivity contribution in [1.29, 1.82) is 5.41 Å². The summed E-state index contributed by atoms with van der Waals surface area (Å²) in [4.78, 5) is 12.1. The lowest BCUT2D eigenvalue weighted by Crippen LogP contribution is -2.45. The van der Waals surface area contributed by atoms with Crippen molar-refractivity contribution >= 4 is 35.3 Å². The van der Waals surface area contributed by atoms with Crippen molar-refractivity contribution in [3.8, 4) is 0 Å². The molecule has 4 N–H and O–H groups in total. The van der Waals surface area contributed by atoms with Gasteiger partial charge in [0.2, 0.25) is 0 Å². The minimum Gasteiger partial charge on any atom is -0.404 e. The molecule has 0 aliphatic heterocycles. The van der Waals surface area contributed by atoms with Gasteiger partial charge in [-0.05, 0) is 32.0 Å². The molecule has 0 aromatic heterocycles. The van der Waals surface area contributed by atoms with Gasteiger partial charge in [0, 0.05) is 33.6 Å². The number of benzene rings is 1. The Morgan fingerprint density at radius 2 is 1.84 bits per heavy atom. The first-order valence-corrected chi connectivity index (χ1v) is 6.27. The number of nitrogens with one attached hydrogen (secondary N) is 2. The number of rotatable bonds is 4. The van der Waals surface area contributed by atoms with Crippen LogP contribution in [0.4, 0.5) is 0 Å². The Hall–Kier alpha value is -1.52. The molecule has 0 bridgehead atoms. The summed E-state index contributed by atoms with van der Waals surface area (Å²) in [6.45, 7) is 3.50. The van der Waals surface area contributed by atoms with Crippen LogP contribution in [-0.2, 0) is 0 Å². The SMILES string of the molecule is CC(C)(NC(=O)c1cc(Cl)cc(Cl)c1)/C(C=N)=C/N. The average molecular weight is 300 g/mol. The summed E-state index contributed by atoms with van der Waals surface area (Å²) < 4.78 is 0. The van der Waals surface area contributed by atoms with Crippen molar-refractivity contribution in [3.63, 3.8) is 0 Å². The zero-order valence-corrected chi connectivity index (χ0v) is 12.1. The van der Waals surface area contributed by atoms with Gasteiger partial charge in [0.05, 0.1) is 5.54 Å². The van der Waals surface area contributed by atoms with Gasteiger partial charge in [0.25, 0.3) is 5.91 Å². The van der Waals surface area contributed by atoms with Crippen molar-refractivity contribution in [3.05, 3.63) is 45.6 Å². The third-order valence-electron chi connectivity index (χ3n) is 2.61. The number of amides is 1. The molecule has 0 heterocycles. The van der Waals surface area contributed by atoms with E-state index in [1.807, 2.05) is 0 Å². The van der Waals surface area contributed by atoms with E-state index in [-0.39, 0.29) is 5.91 Å². The van der Waals surface area contributed by atoms with Gasteiger partial charge in [-0.15, -0.1) is 0 Å². The number of nitrogens with two attached hydrogens (primary N) is 1. The minimum atomic E-state index is -0.762. The van der Waals surface area contributed by atoms with E-state index < -0.39 is 5.54 Å². The molecule has 0 unspecified atom stereocenters. The molecule has 0 saturated heterocycles. The standard InChI is InChI=1S/C13H15Cl2N3O/c1-13(2,9(6-16)7-17)18-12(19)8-3-10(14)5-11(15)4-8/h3-7,16H,17H2,1-2H3,(H,18,19)/b9-7+,16-6?. The summed E-state index contributed by atoms with van der Waals surface area (Å²) in [7, 11) is 0. The normalized spacial score (nSPS) is 12.1. The van der Waals surface area contributed by atoms with Crippen LogP contribution in [0.25, 0.3) is 0 Å². The maximum atomic E-state index is 12.1. The highest BCUT2D eigenvalue weighted by molar-refractivity contribution is 6.35. The number of carbonyl (C=O) groups excluding carboxylic acids is 1. The smallest absolute Gasteiger partial charge is 0.252 e. The van der Waals surface area contributed by atoms with E-state index in [4.69, 9.17) is 34.3 Å². The third kappa shape index (κ3) is 3.98. The van der Waals surface area contributed by atoms with Gasteiger partial charge >= 0.3 is 0 Å².